The van der Waals surface area contributed by atoms with Crippen LogP contribution >= 0.6 is 15.9 Å². The van der Waals surface area contributed by atoms with Gasteiger partial charge in [-0.15, -0.1) is 0 Å². The maximum absolute atomic E-state index is 11.9. The van der Waals surface area contributed by atoms with Crippen LogP contribution in [0, 0.1) is 5.92 Å². The van der Waals surface area contributed by atoms with Gasteiger partial charge in [0, 0.05) is 4.47 Å². The maximum Gasteiger partial charge on any atom is 0.237 e. The summed E-state index contributed by atoms with van der Waals surface area (Å²) in [5.41, 5.74) is 6.92. The molecule has 100 valence electrons. The molecule has 0 bridgehead atoms. The lowest BCUT2D eigenvalue weighted by Gasteiger charge is -2.19. The van der Waals surface area contributed by atoms with Crippen LogP contribution in [-0.4, -0.2) is 11.9 Å². The molecule has 0 saturated carbocycles. The van der Waals surface area contributed by atoms with Crippen molar-refractivity contribution in [1.29, 1.82) is 0 Å². The van der Waals surface area contributed by atoms with Crippen molar-refractivity contribution in [2.75, 3.05) is 0 Å². The molecule has 4 heteroatoms. The number of carbonyl (C=O) groups excluding carboxylic acids is 1. The van der Waals surface area contributed by atoms with Gasteiger partial charge in [0.1, 0.15) is 0 Å². The monoisotopic (exact) mass is 312 g/mol. The lowest BCUT2D eigenvalue weighted by Crippen LogP contribution is -2.42. The van der Waals surface area contributed by atoms with E-state index in [2.05, 4.69) is 35.1 Å². The summed E-state index contributed by atoms with van der Waals surface area (Å²) in [6.45, 7) is 6.08. The summed E-state index contributed by atoms with van der Waals surface area (Å²) in [5.74, 6) is 0.330. The molecule has 0 aromatic heterocycles. The highest BCUT2D eigenvalue weighted by Gasteiger charge is 2.18. The van der Waals surface area contributed by atoms with E-state index >= 15 is 0 Å². The Balaban J connectivity index is 2.62. The summed E-state index contributed by atoms with van der Waals surface area (Å²) < 4.78 is 0.996. The van der Waals surface area contributed by atoms with Crippen LogP contribution in [0.1, 0.15) is 38.8 Å². The Morgan fingerprint density at radius 3 is 2.50 bits per heavy atom. The van der Waals surface area contributed by atoms with E-state index in [-0.39, 0.29) is 11.9 Å². The molecule has 0 aliphatic carbocycles. The molecule has 0 saturated heterocycles. The third-order valence-electron chi connectivity index (χ3n) is 2.79. The Labute approximate surface area is 117 Å². The number of rotatable bonds is 5. The van der Waals surface area contributed by atoms with Gasteiger partial charge in [-0.2, -0.15) is 0 Å². The fraction of sp³-hybridized carbons (Fsp3) is 0.500. The van der Waals surface area contributed by atoms with E-state index < -0.39 is 6.04 Å². The zero-order chi connectivity index (χ0) is 13.7. The summed E-state index contributed by atoms with van der Waals surface area (Å²) in [6, 6.07) is 7.37. The molecule has 3 nitrogen and oxygen atoms in total. The van der Waals surface area contributed by atoms with E-state index in [0.717, 1.165) is 10.0 Å². The Morgan fingerprint density at radius 1 is 1.33 bits per heavy atom. The van der Waals surface area contributed by atoms with Crippen molar-refractivity contribution in [2.45, 2.75) is 39.3 Å². The van der Waals surface area contributed by atoms with Gasteiger partial charge in [0.25, 0.3) is 0 Å². The minimum atomic E-state index is -0.435. The minimum Gasteiger partial charge on any atom is -0.348 e. The third-order valence-corrected chi connectivity index (χ3v) is 3.51. The fourth-order valence-electron chi connectivity index (χ4n) is 1.84. The quantitative estimate of drug-likeness (QED) is 0.878. The average Bonchev–Trinajstić information content (AvgIpc) is 2.28. The van der Waals surface area contributed by atoms with Gasteiger partial charge in [0.2, 0.25) is 5.91 Å². The van der Waals surface area contributed by atoms with Crippen LogP contribution in [0.4, 0.5) is 0 Å². The molecule has 0 fully saturated rings. The Kier molecular flexibility index (Phi) is 5.82. The molecule has 0 heterocycles. The van der Waals surface area contributed by atoms with Crippen molar-refractivity contribution in [2.24, 2.45) is 11.7 Å². The number of benzene rings is 1. The van der Waals surface area contributed by atoms with Crippen LogP contribution < -0.4 is 11.1 Å². The van der Waals surface area contributed by atoms with E-state index in [1.54, 1.807) is 0 Å². The first-order chi connectivity index (χ1) is 8.41. The van der Waals surface area contributed by atoms with Gasteiger partial charge in [-0.25, -0.2) is 0 Å². The molecule has 1 rings (SSSR count). The summed E-state index contributed by atoms with van der Waals surface area (Å²) in [7, 11) is 0. The van der Waals surface area contributed by atoms with Crippen molar-refractivity contribution in [1.82, 2.24) is 5.32 Å². The van der Waals surface area contributed by atoms with Crippen LogP contribution in [-0.2, 0) is 4.79 Å². The number of hydrogen-bond acceptors (Lipinski definition) is 2. The van der Waals surface area contributed by atoms with Crippen LogP contribution in [0.3, 0.4) is 0 Å². The Bertz CT molecular complexity index is 407. The van der Waals surface area contributed by atoms with Gasteiger partial charge in [0.15, 0.2) is 0 Å². The molecule has 1 aromatic rings. The third kappa shape index (κ3) is 4.42. The average molecular weight is 313 g/mol. The van der Waals surface area contributed by atoms with Gasteiger partial charge < -0.3 is 11.1 Å². The summed E-state index contributed by atoms with van der Waals surface area (Å²) >= 11 is 3.48. The molecule has 2 atom stereocenters. The molecule has 3 N–H and O–H groups in total. The zero-order valence-corrected chi connectivity index (χ0v) is 12.7. The maximum atomic E-state index is 11.9. The van der Waals surface area contributed by atoms with E-state index in [4.69, 9.17) is 5.73 Å². The summed E-state index contributed by atoms with van der Waals surface area (Å²) in [5, 5.41) is 2.95. The first kappa shape index (κ1) is 15.2. The molecule has 1 aromatic carbocycles. The zero-order valence-electron chi connectivity index (χ0n) is 11.1. The van der Waals surface area contributed by atoms with Crippen molar-refractivity contribution >= 4 is 21.8 Å². The van der Waals surface area contributed by atoms with Crippen LogP contribution in [0.2, 0.25) is 0 Å². The fourth-order valence-corrected chi connectivity index (χ4v) is 2.47. The highest BCUT2D eigenvalue weighted by atomic mass is 79.9. The molecule has 0 aliphatic heterocycles. The number of nitrogens with one attached hydrogen (secondary N) is 1. The van der Waals surface area contributed by atoms with Crippen molar-refractivity contribution in [3.63, 3.8) is 0 Å². The lowest BCUT2D eigenvalue weighted by atomic mass is 10.0. The van der Waals surface area contributed by atoms with Gasteiger partial charge in [0.05, 0.1) is 12.1 Å². The predicted molar refractivity (Wildman–Crippen MR) is 78.1 cm³/mol. The van der Waals surface area contributed by atoms with Gasteiger partial charge >= 0.3 is 0 Å². The van der Waals surface area contributed by atoms with E-state index in [1.165, 1.54) is 0 Å². The minimum absolute atomic E-state index is 0.0497. The smallest absolute Gasteiger partial charge is 0.237 e. The predicted octanol–water partition coefficient (Wildman–Crippen LogP) is 3.00. The second-order valence-electron chi connectivity index (χ2n) is 4.99. The first-order valence-electron chi connectivity index (χ1n) is 6.22. The normalized spacial score (nSPS) is 14.3. The summed E-state index contributed by atoms with van der Waals surface area (Å²) in [4.78, 5) is 11.9. The molecular formula is C14H21BrN2O. The van der Waals surface area contributed by atoms with Crippen LogP contribution in [0.5, 0.6) is 0 Å². The standard InChI is InChI=1S/C14H21BrN2O/c1-9(2)8-13(16)14(18)17-10(3)11-6-4-5-7-12(11)15/h4-7,9-10,13H,8,16H2,1-3H3,(H,17,18)/t10?,13-/m1/s1. The number of halogens is 1. The molecule has 0 aliphatic rings. The van der Waals surface area contributed by atoms with Gasteiger partial charge in [-0.05, 0) is 30.9 Å². The van der Waals surface area contributed by atoms with Crippen molar-refractivity contribution < 1.29 is 4.79 Å². The topological polar surface area (TPSA) is 55.1 Å². The molecular weight excluding hydrogens is 292 g/mol. The molecule has 1 unspecified atom stereocenters. The van der Waals surface area contributed by atoms with Crippen LogP contribution in [0.15, 0.2) is 28.7 Å². The largest absolute Gasteiger partial charge is 0.348 e. The van der Waals surface area contributed by atoms with Gasteiger partial charge in [-0.1, -0.05) is 48.0 Å². The SMILES string of the molecule is CC(C)C[C@@H](N)C(=O)NC(C)c1ccccc1Br. The van der Waals surface area contributed by atoms with Crippen LogP contribution in [0.25, 0.3) is 0 Å². The number of amides is 1. The lowest BCUT2D eigenvalue weighted by molar-refractivity contribution is -0.123. The molecule has 18 heavy (non-hydrogen) atoms. The van der Waals surface area contributed by atoms with E-state index in [0.29, 0.717) is 12.3 Å². The van der Waals surface area contributed by atoms with Gasteiger partial charge in [-0.3, -0.25) is 4.79 Å². The van der Waals surface area contributed by atoms with E-state index in [1.807, 2.05) is 31.2 Å². The second kappa shape index (κ2) is 6.90. The molecule has 0 spiro atoms. The molecule has 1 amide bonds. The van der Waals surface area contributed by atoms with Crippen molar-refractivity contribution in [3.8, 4) is 0 Å². The van der Waals surface area contributed by atoms with E-state index in [9.17, 15) is 4.79 Å². The first-order valence-corrected chi connectivity index (χ1v) is 7.01. The highest BCUT2D eigenvalue weighted by Crippen LogP contribution is 2.22. The Morgan fingerprint density at radius 2 is 1.94 bits per heavy atom. The second-order valence-corrected chi connectivity index (χ2v) is 5.84. The number of carbonyl (C=O) groups is 1. The number of hydrogen-bond donors (Lipinski definition) is 2. The summed E-state index contributed by atoms with van der Waals surface area (Å²) in [6.07, 6.45) is 0.703. The van der Waals surface area contributed by atoms with Crippen molar-refractivity contribution in [3.05, 3.63) is 34.3 Å². The number of nitrogens with two attached hydrogens (primary N) is 1. The Hall–Kier alpha value is -0.870. The highest BCUT2D eigenvalue weighted by molar-refractivity contribution is 9.10. The molecule has 0 radical (unpaired) electrons.